The van der Waals surface area contributed by atoms with Crippen LogP contribution < -0.4 is 10.1 Å². The summed E-state index contributed by atoms with van der Waals surface area (Å²) in [5, 5.41) is 2.73. The van der Waals surface area contributed by atoms with E-state index in [1.54, 1.807) is 11.8 Å². The molecule has 0 spiro atoms. The quantitative estimate of drug-likeness (QED) is 0.186. The van der Waals surface area contributed by atoms with E-state index in [2.05, 4.69) is 29.6 Å². The molecule has 0 saturated carbocycles. The summed E-state index contributed by atoms with van der Waals surface area (Å²) in [5.41, 5.74) is 6.51. The number of esters is 1. The molecule has 210 valence electrons. The van der Waals surface area contributed by atoms with Crippen molar-refractivity contribution in [3.63, 3.8) is 0 Å². The molecular formula is C34H33NO5S. The molecule has 0 fully saturated rings. The number of rotatable bonds is 12. The van der Waals surface area contributed by atoms with Gasteiger partial charge in [-0.25, -0.2) is 9.59 Å². The maximum absolute atomic E-state index is 12.9. The van der Waals surface area contributed by atoms with Gasteiger partial charge in [0, 0.05) is 5.92 Å². The molecule has 4 aromatic rings. The molecule has 1 amide bonds. The maximum Gasteiger partial charge on any atom is 0.407 e. The second kappa shape index (κ2) is 13.9. The van der Waals surface area contributed by atoms with Crippen molar-refractivity contribution in [2.45, 2.75) is 31.6 Å². The van der Waals surface area contributed by atoms with E-state index >= 15 is 0 Å². The predicted octanol–water partition coefficient (Wildman–Crippen LogP) is 6.97. The van der Waals surface area contributed by atoms with E-state index in [1.807, 2.05) is 85.1 Å². The van der Waals surface area contributed by atoms with Gasteiger partial charge in [0.25, 0.3) is 0 Å². The number of hydrogen-bond donors (Lipinski definition) is 1. The summed E-state index contributed by atoms with van der Waals surface area (Å²) in [5.74, 6) is 0.886. The van der Waals surface area contributed by atoms with E-state index in [0.29, 0.717) is 18.8 Å². The van der Waals surface area contributed by atoms with Crippen LogP contribution >= 0.6 is 11.8 Å². The molecule has 0 bridgehead atoms. The number of amides is 1. The minimum Gasteiger partial charge on any atom is -0.489 e. The molecule has 0 aliphatic heterocycles. The lowest BCUT2D eigenvalue weighted by Gasteiger charge is -2.19. The van der Waals surface area contributed by atoms with Gasteiger partial charge >= 0.3 is 12.1 Å². The topological polar surface area (TPSA) is 73.9 Å². The molecule has 1 aliphatic carbocycles. The summed E-state index contributed by atoms with van der Waals surface area (Å²) in [6.07, 6.45) is 1.77. The number of carbonyl (C=O) groups is 2. The molecule has 4 aromatic carbocycles. The number of carbonyl (C=O) groups excluding carboxylic acids is 2. The van der Waals surface area contributed by atoms with E-state index in [1.165, 1.54) is 0 Å². The van der Waals surface area contributed by atoms with Gasteiger partial charge in [-0.05, 0) is 63.9 Å². The van der Waals surface area contributed by atoms with Gasteiger partial charge in [0.15, 0.2) is 0 Å². The zero-order valence-corrected chi connectivity index (χ0v) is 23.8. The van der Waals surface area contributed by atoms with E-state index < -0.39 is 18.1 Å². The predicted molar refractivity (Wildman–Crippen MR) is 162 cm³/mol. The average molecular weight is 568 g/mol. The molecule has 7 heteroatoms. The molecule has 6 nitrogen and oxygen atoms in total. The van der Waals surface area contributed by atoms with Crippen LogP contribution in [0.15, 0.2) is 103 Å². The minimum atomic E-state index is -0.799. The Balaban J connectivity index is 1.13. The standard InChI is InChI=1S/C34H33NO5S/c1-41-20-19-32(33(36)39-22-25-15-17-26(18-16-25)38-21-24-9-3-2-4-10-24)35-34(37)40-23-31-29-13-7-5-11-27(29)28-12-6-8-14-30(28)31/h2-18,31-32H,19-23H2,1H3,(H,35,37)/t32-/m0/s1. The number of alkyl carbamates (subject to hydrolysis) is 1. The fourth-order valence-electron chi connectivity index (χ4n) is 4.94. The van der Waals surface area contributed by atoms with Gasteiger partial charge in [-0.2, -0.15) is 11.8 Å². The summed E-state index contributed by atoms with van der Waals surface area (Å²) < 4.78 is 17.0. The minimum absolute atomic E-state index is 0.0515. The van der Waals surface area contributed by atoms with Crippen LogP contribution in [0.4, 0.5) is 4.79 Å². The third kappa shape index (κ3) is 7.30. The van der Waals surface area contributed by atoms with Gasteiger partial charge in [-0.3, -0.25) is 0 Å². The van der Waals surface area contributed by atoms with Crippen LogP contribution in [0, 0.1) is 0 Å². The molecule has 5 rings (SSSR count). The van der Waals surface area contributed by atoms with Crippen molar-refractivity contribution in [1.82, 2.24) is 5.32 Å². The highest BCUT2D eigenvalue weighted by Crippen LogP contribution is 2.44. The van der Waals surface area contributed by atoms with Gasteiger partial charge in [0.05, 0.1) is 0 Å². The van der Waals surface area contributed by atoms with Crippen molar-refractivity contribution in [2.75, 3.05) is 18.6 Å². The highest BCUT2D eigenvalue weighted by atomic mass is 32.2. The van der Waals surface area contributed by atoms with Crippen LogP contribution in [0.2, 0.25) is 0 Å². The Morgan fingerprint density at radius 1 is 0.756 bits per heavy atom. The fraction of sp³-hybridized carbons (Fsp3) is 0.235. The van der Waals surface area contributed by atoms with Crippen molar-refractivity contribution >= 4 is 23.8 Å². The van der Waals surface area contributed by atoms with Crippen molar-refractivity contribution in [3.05, 3.63) is 125 Å². The van der Waals surface area contributed by atoms with Gasteiger partial charge < -0.3 is 19.5 Å². The Morgan fingerprint density at radius 2 is 1.37 bits per heavy atom. The lowest BCUT2D eigenvalue weighted by molar-refractivity contribution is -0.147. The first-order valence-corrected chi connectivity index (χ1v) is 15.0. The molecule has 1 aliphatic rings. The van der Waals surface area contributed by atoms with E-state index in [0.717, 1.165) is 39.1 Å². The largest absolute Gasteiger partial charge is 0.489 e. The van der Waals surface area contributed by atoms with Gasteiger partial charge in [0.1, 0.15) is 31.6 Å². The van der Waals surface area contributed by atoms with E-state index in [-0.39, 0.29) is 19.1 Å². The van der Waals surface area contributed by atoms with Crippen molar-refractivity contribution in [3.8, 4) is 16.9 Å². The smallest absolute Gasteiger partial charge is 0.407 e. The molecule has 1 atom stereocenters. The molecule has 1 N–H and O–H groups in total. The first kappa shape index (κ1) is 28.3. The Morgan fingerprint density at radius 3 is 2.02 bits per heavy atom. The molecule has 0 saturated heterocycles. The molecular weight excluding hydrogens is 534 g/mol. The van der Waals surface area contributed by atoms with Gasteiger partial charge in [0.2, 0.25) is 0 Å². The Kier molecular flexibility index (Phi) is 9.60. The number of hydrogen-bond acceptors (Lipinski definition) is 6. The third-order valence-electron chi connectivity index (χ3n) is 7.08. The third-order valence-corrected chi connectivity index (χ3v) is 7.73. The fourth-order valence-corrected chi connectivity index (χ4v) is 5.42. The summed E-state index contributed by atoms with van der Waals surface area (Å²) in [6.45, 7) is 0.761. The highest BCUT2D eigenvalue weighted by molar-refractivity contribution is 7.98. The zero-order valence-electron chi connectivity index (χ0n) is 23.0. The second-order valence-corrected chi connectivity index (χ2v) is 10.8. The maximum atomic E-state index is 12.9. The number of fused-ring (bicyclic) bond motifs is 3. The molecule has 0 radical (unpaired) electrons. The SMILES string of the molecule is CSCC[C@H](NC(=O)OCC1c2ccccc2-c2ccccc21)C(=O)OCc1ccc(OCc2ccccc2)cc1. The van der Waals surface area contributed by atoms with Gasteiger partial charge in [-0.1, -0.05) is 91.0 Å². The zero-order chi connectivity index (χ0) is 28.4. The lowest BCUT2D eigenvalue weighted by atomic mass is 9.98. The molecule has 0 heterocycles. The number of ether oxygens (including phenoxy) is 3. The van der Waals surface area contributed by atoms with Gasteiger partial charge in [-0.15, -0.1) is 0 Å². The number of benzene rings is 4. The van der Waals surface area contributed by atoms with Crippen LogP contribution in [-0.2, 0) is 27.5 Å². The van der Waals surface area contributed by atoms with Crippen molar-refractivity contribution in [1.29, 1.82) is 0 Å². The summed E-state index contributed by atoms with van der Waals surface area (Å²) >= 11 is 1.60. The van der Waals surface area contributed by atoms with Crippen LogP contribution in [0.3, 0.4) is 0 Å². The van der Waals surface area contributed by atoms with E-state index in [9.17, 15) is 9.59 Å². The normalized spacial score (nSPS) is 12.6. The monoisotopic (exact) mass is 567 g/mol. The van der Waals surface area contributed by atoms with Crippen LogP contribution in [0.25, 0.3) is 11.1 Å². The molecule has 0 unspecified atom stereocenters. The first-order valence-electron chi connectivity index (χ1n) is 13.6. The number of thioether (sulfide) groups is 1. The number of nitrogens with one attached hydrogen (secondary N) is 1. The Labute approximate surface area is 245 Å². The average Bonchev–Trinajstić information content (AvgIpc) is 3.34. The first-order chi connectivity index (χ1) is 20.1. The van der Waals surface area contributed by atoms with Crippen LogP contribution in [0.5, 0.6) is 5.75 Å². The second-order valence-electron chi connectivity index (χ2n) is 9.83. The molecule has 41 heavy (non-hydrogen) atoms. The van der Waals surface area contributed by atoms with Crippen molar-refractivity contribution < 1.29 is 23.8 Å². The van der Waals surface area contributed by atoms with Crippen LogP contribution in [-0.4, -0.2) is 36.7 Å². The summed E-state index contributed by atoms with van der Waals surface area (Å²) in [6, 6.07) is 32.9. The Bertz CT molecular complexity index is 1410. The van der Waals surface area contributed by atoms with E-state index in [4.69, 9.17) is 14.2 Å². The molecule has 0 aromatic heterocycles. The summed E-state index contributed by atoms with van der Waals surface area (Å²) in [7, 11) is 0. The van der Waals surface area contributed by atoms with Crippen LogP contribution in [0.1, 0.15) is 34.6 Å². The Hall–Kier alpha value is -4.23. The lowest BCUT2D eigenvalue weighted by Crippen LogP contribution is -2.42. The van der Waals surface area contributed by atoms with Crippen molar-refractivity contribution in [2.24, 2.45) is 0 Å². The highest BCUT2D eigenvalue weighted by Gasteiger charge is 2.30. The summed E-state index contributed by atoms with van der Waals surface area (Å²) in [4.78, 5) is 25.8.